The molecule has 0 saturated carbocycles. The van der Waals surface area contributed by atoms with Crippen molar-refractivity contribution in [3.8, 4) is 22.4 Å². The third-order valence-corrected chi connectivity index (χ3v) is 8.82. The van der Waals surface area contributed by atoms with Crippen molar-refractivity contribution in [1.29, 1.82) is 0 Å². The molecule has 1 fully saturated rings. The fraction of sp³-hybridized carbons (Fsp3) is 0.250. The number of rotatable bonds is 6. The number of amides is 3. The number of anilines is 2. The van der Waals surface area contributed by atoms with Crippen LogP contribution in [0, 0.1) is 6.92 Å². The minimum absolute atomic E-state index is 0.0533. The van der Waals surface area contributed by atoms with Gasteiger partial charge in [0.05, 0.1) is 13.0 Å². The first-order valence-electron chi connectivity index (χ1n) is 14.9. The predicted octanol–water partition coefficient (Wildman–Crippen LogP) is 7.57. The fourth-order valence-corrected chi connectivity index (χ4v) is 6.27. The monoisotopic (exact) mass is 572 g/mol. The number of benzene rings is 3. The van der Waals surface area contributed by atoms with Crippen molar-refractivity contribution >= 4 is 34.3 Å². The third-order valence-electron chi connectivity index (χ3n) is 8.82. The van der Waals surface area contributed by atoms with E-state index in [9.17, 15) is 9.59 Å². The smallest absolute Gasteiger partial charge is 0.363 e. The van der Waals surface area contributed by atoms with Gasteiger partial charge in [0.1, 0.15) is 11.9 Å². The molecule has 7 nitrogen and oxygen atoms in total. The number of carbonyl (C=O) groups excluding carboxylic acids is 2. The maximum Gasteiger partial charge on any atom is 0.428 e. The summed E-state index contributed by atoms with van der Waals surface area (Å²) in [5.74, 6) is 0.888. The topological polar surface area (TPSA) is 78.1 Å². The van der Waals surface area contributed by atoms with E-state index in [1.807, 2.05) is 86.7 Å². The average Bonchev–Trinajstić information content (AvgIpc) is 3.61. The molecule has 0 aliphatic carbocycles. The van der Waals surface area contributed by atoms with E-state index in [0.717, 1.165) is 57.5 Å². The molecule has 5 aromatic rings. The first-order chi connectivity index (χ1) is 20.7. The molecule has 2 atom stereocenters. The van der Waals surface area contributed by atoms with Crippen LogP contribution >= 0.6 is 0 Å². The van der Waals surface area contributed by atoms with Crippen LogP contribution in [-0.2, 0) is 11.2 Å². The average molecular weight is 573 g/mol. The predicted molar refractivity (Wildman–Crippen MR) is 174 cm³/mol. The number of imide groups is 1. The van der Waals surface area contributed by atoms with Crippen LogP contribution in [0.2, 0.25) is 0 Å². The third kappa shape index (κ3) is 5.44. The van der Waals surface area contributed by atoms with Gasteiger partial charge >= 0.3 is 11.9 Å². The minimum Gasteiger partial charge on any atom is -0.363 e. The molecule has 2 aromatic heterocycles. The van der Waals surface area contributed by atoms with Gasteiger partial charge < -0.3 is 9.88 Å². The zero-order valence-corrected chi connectivity index (χ0v) is 25.2. The van der Waals surface area contributed by atoms with Crippen LogP contribution < -0.4 is 10.2 Å². The molecule has 1 saturated heterocycles. The number of pyridine rings is 1. The van der Waals surface area contributed by atoms with Gasteiger partial charge in [0.25, 0.3) is 0 Å². The molecule has 0 spiro atoms. The molecule has 0 bridgehead atoms. The molecule has 6 rings (SSSR count). The van der Waals surface area contributed by atoms with Gasteiger partial charge in [0.2, 0.25) is 0 Å². The van der Waals surface area contributed by atoms with Crippen molar-refractivity contribution in [2.75, 3.05) is 30.9 Å². The summed E-state index contributed by atoms with van der Waals surface area (Å²) in [6.45, 7) is 4.66. The number of hydrogen-bond donors (Lipinski definition) is 2. The van der Waals surface area contributed by atoms with Crippen LogP contribution in [0.4, 0.5) is 16.3 Å². The van der Waals surface area contributed by atoms with Crippen LogP contribution in [0.5, 0.6) is 0 Å². The van der Waals surface area contributed by atoms with Crippen LogP contribution in [0.3, 0.4) is 0 Å². The van der Waals surface area contributed by atoms with E-state index in [0.29, 0.717) is 12.2 Å². The van der Waals surface area contributed by atoms with Crippen molar-refractivity contribution in [3.63, 3.8) is 0 Å². The van der Waals surface area contributed by atoms with Gasteiger partial charge in [-0.2, -0.15) is 4.48 Å². The Morgan fingerprint density at radius 1 is 0.977 bits per heavy atom. The second kappa shape index (κ2) is 11.5. The number of hydrogen-bond acceptors (Lipinski definition) is 4. The Morgan fingerprint density at radius 3 is 2.40 bits per heavy atom. The summed E-state index contributed by atoms with van der Waals surface area (Å²) >= 11 is 0. The largest absolute Gasteiger partial charge is 0.428 e. The lowest BCUT2D eigenvalue weighted by molar-refractivity contribution is -0.782. The summed E-state index contributed by atoms with van der Waals surface area (Å²) in [7, 11) is 3.99. The van der Waals surface area contributed by atoms with Gasteiger partial charge in [-0.05, 0) is 72.5 Å². The first-order valence-corrected chi connectivity index (χ1v) is 14.9. The van der Waals surface area contributed by atoms with Gasteiger partial charge in [-0.25, -0.2) is 14.6 Å². The Bertz CT molecular complexity index is 1790. The first kappa shape index (κ1) is 28.4. The van der Waals surface area contributed by atoms with Crippen LogP contribution in [0.25, 0.3) is 33.3 Å². The number of fused-ring (bicyclic) bond motifs is 1. The van der Waals surface area contributed by atoms with Crippen LogP contribution in [0.15, 0.2) is 91.1 Å². The standard InChI is InChI=1S/C36H37N5O2/c1-24-19-34(40(3)4)37-23-31(24)28-14-17-32-29(21-28)22-33(39-32)27-12-15-30(16-13-27)38-36(43)41(18-8-9-25(41)2)35(42)20-26-10-6-5-7-11-26/h5-7,10-17,19,21-23,25,39H,8-9,18,20H2,1-4H3/p+1/t25-,41?/m1/s1. The Morgan fingerprint density at radius 2 is 1.72 bits per heavy atom. The quantitative estimate of drug-likeness (QED) is 0.206. The summed E-state index contributed by atoms with van der Waals surface area (Å²) < 4.78 is -0.159. The van der Waals surface area contributed by atoms with E-state index in [1.165, 1.54) is 5.56 Å². The molecule has 3 heterocycles. The number of nitrogens with one attached hydrogen (secondary N) is 2. The summed E-state index contributed by atoms with van der Waals surface area (Å²) in [5.41, 5.74) is 8.10. The van der Waals surface area contributed by atoms with E-state index in [4.69, 9.17) is 0 Å². The molecule has 1 unspecified atom stereocenters. The molecule has 0 radical (unpaired) electrons. The summed E-state index contributed by atoms with van der Waals surface area (Å²) in [6, 6.07) is 27.9. The number of nitrogens with zero attached hydrogens (tertiary/aromatic N) is 3. The molecule has 1 aliphatic rings. The van der Waals surface area contributed by atoms with E-state index in [1.54, 1.807) is 0 Å². The number of aryl methyl sites for hydroxylation is 1. The van der Waals surface area contributed by atoms with Crippen molar-refractivity contribution in [2.24, 2.45) is 0 Å². The zero-order valence-electron chi connectivity index (χ0n) is 25.2. The molecule has 2 N–H and O–H groups in total. The maximum atomic E-state index is 13.7. The van der Waals surface area contributed by atoms with Crippen LogP contribution in [-0.4, -0.2) is 53.1 Å². The van der Waals surface area contributed by atoms with E-state index in [2.05, 4.69) is 52.5 Å². The molecular weight excluding hydrogens is 534 g/mol. The number of aromatic nitrogens is 2. The molecular formula is C36H38N5O2+. The van der Waals surface area contributed by atoms with Crippen molar-refractivity contribution < 1.29 is 14.1 Å². The Kier molecular flexibility index (Phi) is 7.59. The van der Waals surface area contributed by atoms with Gasteiger partial charge in [0, 0.05) is 61.0 Å². The Balaban J connectivity index is 1.20. The molecule has 1 aliphatic heterocycles. The number of aromatic amines is 1. The van der Waals surface area contributed by atoms with E-state index in [-0.39, 0.29) is 28.9 Å². The number of carbonyl (C=O) groups is 2. The summed E-state index contributed by atoms with van der Waals surface area (Å²) in [5, 5.41) is 4.18. The molecule has 3 aromatic carbocycles. The lowest BCUT2D eigenvalue weighted by atomic mass is 10.0. The second-order valence-corrected chi connectivity index (χ2v) is 11.9. The van der Waals surface area contributed by atoms with Crippen molar-refractivity contribution in [1.82, 2.24) is 9.97 Å². The van der Waals surface area contributed by atoms with Gasteiger partial charge in [0.15, 0.2) is 0 Å². The van der Waals surface area contributed by atoms with E-state index < -0.39 is 0 Å². The molecule has 218 valence electrons. The van der Waals surface area contributed by atoms with Gasteiger partial charge in [-0.15, -0.1) is 0 Å². The highest BCUT2D eigenvalue weighted by Crippen LogP contribution is 2.33. The van der Waals surface area contributed by atoms with Gasteiger partial charge in [-0.1, -0.05) is 48.5 Å². The molecule has 7 heteroatoms. The lowest BCUT2D eigenvalue weighted by Crippen LogP contribution is -2.61. The highest BCUT2D eigenvalue weighted by molar-refractivity contribution is 5.94. The SMILES string of the molecule is Cc1cc(N(C)C)ncc1-c1ccc2[nH]c(-c3ccc(NC(=O)[N+]4(C(=O)Cc5ccccc5)CCC[C@H]4C)cc3)cc2c1. The maximum absolute atomic E-state index is 13.7. The van der Waals surface area contributed by atoms with Crippen molar-refractivity contribution in [2.45, 2.75) is 39.2 Å². The lowest BCUT2D eigenvalue weighted by Gasteiger charge is -2.33. The Hall–Kier alpha value is -4.75. The highest BCUT2D eigenvalue weighted by Gasteiger charge is 2.52. The number of quaternary nitrogens is 1. The normalized spacial score (nSPS) is 18.1. The molecule has 3 amide bonds. The molecule has 43 heavy (non-hydrogen) atoms. The minimum atomic E-state index is -0.250. The second-order valence-electron chi connectivity index (χ2n) is 11.9. The van der Waals surface area contributed by atoms with Crippen molar-refractivity contribution in [3.05, 3.63) is 102 Å². The number of urea groups is 1. The van der Waals surface area contributed by atoms with Crippen LogP contribution in [0.1, 0.15) is 30.9 Å². The number of likely N-dealkylation sites (tertiary alicyclic amines) is 1. The highest BCUT2D eigenvalue weighted by atomic mass is 16.2. The fourth-order valence-electron chi connectivity index (χ4n) is 6.27. The Labute approximate surface area is 252 Å². The summed E-state index contributed by atoms with van der Waals surface area (Å²) in [4.78, 5) is 37.4. The zero-order chi connectivity index (χ0) is 30.1. The van der Waals surface area contributed by atoms with Gasteiger partial charge in [-0.3, -0.25) is 5.32 Å². The summed E-state index contributed by atoms with van der Waals surface area (Å²) in [6.07, 6.45) is 3.90. The number of H-pyrrole nitrogens is 1. The van der Waals surface area contributed by atoms with E-state index >= 15 is 0 Å².